The van der Waals surface area contributed by atoms with Gasteiger partial charge in [-0.25, -0.2) is 0 Å². The van der Waals surface area contributed by atoms with Crippen LogP contribution in [0.15, 0.2) is 17.1 Å². The largest absolute Gasteiger partial charge is 0.482 e. The Kier molecular flexibility index (Phi) is 2.53. The van der Waals surface area contributed by atoms with Crippen molar-refractivity contribution in [1.29, 1.82) is 0 Å². The highest BCUT2D eigenvalue weighted by molar-refractivity contribution is 5.28. The van der Waals surface area contributed by atoms with Crippen LogP contribution in [0.3, 0.4) is 0 Å². The number of ether oxygens (including phenoxy) is 1. The van der Waals surface area contributed by atoms with Gasteiger partial charge in [0.1, 0.15) is 0 Å². The summed E-state index contributed by atoms with van der Waals surface area (Å²) in [6, 6.07) is 1.51. The summed E-state index contributed by atoms with van der Waals surface area (Å²) in [5.41, 5.74) is 0.737. The fourth-order valence-electron chi connectivity index (χ4n) is 1.19. The van der Waals surface area contributed by atoms with Gasteiger partial charge in [-0.05, 0) is 5.92 Å². The van der Waals surface area contributed by atoms with E-state index in [1.54, 1.807) is 13.3 Å². The van der Waals surface area contributed by atoms with Crippen LogP contribution in [0.4, 0.5) is 0 Å². The highest BCUT2D eigenvalue weighted by atomic mass is 16.5. The van der Waals surface area contributed by atoms with Gasteiger partial charge in [0, 0.05) is 12.3 Å². The summed E-state index contributed by atoms with van der Waals surface area (Å²) in [4.78, 5) is 14.2. The Labute approximate surface area is 71.4 Å². The van der Waals surface area contributed by atoms with E-state index < -0.39 is 0 Å². The third-order valence-electron chi connectivity index (χ3n) is 1.74. The third-order valence-corrected chi connectivity index (χ3v) is 1.74. The lowest BCUT2D eigenvalue weighted by Crippen LogP contribution is -2.11. The number of H-pyrrole nitrogens is 1. The number of pyridine rings is 1. The van der Waals surface area contributed by atoms with Crippen molar-refractivity contribution in [3.8, 4) is 5.88 Å². The van der Waals surface area contributed by atoms with Gasteiger partial charge in [0.15, 0.2) is 11.3 Å². The van der Waals surface area contributed by atoms with Crippen LogP contribution >= 0.6 is 0 Å². The molecule has 0 bridgehead atoms. The molecule has 1 aromatic rings. The fourth-order valence-corrected chi connectivity index (χ4v) is 1.19. The molecule has 0 amide bonds. The van der Waals surface area contributed by atoms with Crippen LogP contribution in [-0.4, -0.2) is 12.1 Å². The van der Waals surface area contributed by atoms with Crippen LogP contribution in [0.2, 0.25) is 0 Å². The predicted molar refractivity (Wildman–Crippen MR) is 47.7 cm³/mol. The number of hydrogen-bond donors (Lipinski definition) is 1. The number of aromatic nitrogens is 1. The monoisotopic (exact) mass is 167 g/mol. The number of nitrogens with one attached hydrogen (secondary N) is 1. The SMILES string of the molecule is COc1[nH]ccc(=O)c1C(C)C. The standard InChI is InChI=1S/C9H13NO2/c1-6(2)8-7(11)4-5-10-9(8)12-3/h4-6H,1-3H3,(H,10,11). The van der Waals surface area contributed by atoms with Gasteiger partial charge in [-0.3, -0.25) is 4.79 Å². The topological polar surface area (TPSA) is 42.1 Å². The minimum Gasteiger partial charge on any atom is -0.482 e. The maximum atomic E-state index is 11.3. The van der Waals surface area contributed by atoms with Crippen molar-refractivity contribution in [2.75, 3.05) is 7.11 Å². The number of aromatic amines is 1. The molecule has 0 fully saturated rings. The maximum absolute atomic E-state index is 11.3. The van der Waals surface area contributed by atoms with Gasteiger partial charge in [0.05, 0.1) is 12.7 Å². The number of hydrogen-bond acceptors (Lipinski definition) is 2. The molecule has 0 radical (unpaired) electrons. The van der Waals surface area contributed by atoms with Gasteiger partial charge in [-0.15, -0.1) is 0 Å². The molecule has 3 nitrogen and oxygen atoms in total. The molecule has 0 spiro atoms. The highest BCUT2D eigenvalue weighted by Gasteiger charge is 2.10. The van der Waals surface area contributed by atoms with Crippen LogP contribution in [0, 0.1) is 0 Å². The van der Waals surface area contributed by atoms with E-state index in [-0.39, 0.29) is 11.3 Å². The lowest BCUT2D eigenvalue weighted by Gasteiger charge is -2.08. The first-order chi connectivity index (χ1) is 5.66. The smallest absolute Gasteiger partial charge is 0.197 e. The molecule has 0 unspecified atom stereocenters. The minimum atomic E-state index is 0.0283. The molecule has 66 valence electrons. The second kappa shape index (κ2) is 3.43. The molecule has 12 heavy (non-hydrogen) atoms. The van der Waals surface area contributed by atoms with E-state index in [0.29, 0.717) is 11.4 Å². The molecule has 0 saturated heterocycles. The summed E-state index contributed by atoms with van der Waals surface area (Å²) in [5, 5.41) is 0. The number of rotatable bonds is 2. The summed E-state index contributed by atoms with van der Waals surface area (Å²) < 4.78 is 5.03. The zero-order valence-corrected chi connectivity index (χ0v) is 7.55. The Morgan fingerprint density at radius 1 is 1.50 bits per heavy atom. The maximum Gasteiger partial charge on any atom is 0.197 e. The van der Waals surface area contributed by atoms with Crippen molar-refractivity contribution in [1.82, 2.24) is 4.98 Å². The average Bonchev–Trinajstić information content (AvgIpc) is 2.03. The van der Waals surface area contributed by atoms with Crippen LogP contribution < -0.4 is 10.2 Å². The van der Waals surface area contributed by atoms with Crippen molar-refractivity contribution in [2.45, 2.75) is 19.8 Å². The quantitative estimate of drug-likeness (QED) is 0.725. The first-order valence-electron chi connectivity index (χ1n) is 3.92. The Morgan fingerprint density at radius 3 is 2.58 bits per heavy atom. The van der Waals surface area contributed by atoms with Crippen molar-refractivity contribution in [3.05, 3.63) is 28.0 Å². The van der Waals surface area contributed by atoms with E-state index in [1.807, 2.05) is 13.8 Å². The lowest BCUT2D eigenvalue weighted by atomic mass is 10.1. The molecule has 3 heteroatoms. The summed E-state index contributed by atoms with van der Waals surface area (Å²) in [6.07, 6.45) is 1.59. The Bertz CT molecular complexity index is 315. The van der Waals surface area contributed by atoms with Gasteiger partial charge < -0.3 is 9.72 Å². The average molecular weight is 167 g/mol. The normalized spacial score (nSPS) is 10.3. The molecule has 0 aromatic carbocycles. The van der Waals surface area contributed by atoms with Crippen LogP contribution in [0.25, 0.3) is 0 Å². The Hall–Kier alpha value is -1.25. The molecule has 0 saturated carbocycles. The van der Waals surface area contributed by atoms with Crippen molar-refractivity contribution >= 4 is 0 Å². The Balaban J connectivity index is 3.30. The molecule has 0 aliphatic carbocycles. The Morgan fingerprint density at radius 2 is 2.17 bits per heavy atom. The summed E-state index contributed by atoms with van der Waals surface area (Å²) in [7, 11) is 1.55. The second-order valence-corrected chi connectivity index (χ2v) is 2.94. The van der Waals surface area contributed by atoms with Gasteiger partial charge in [-0.2, -0.15) is 0 Å². The zero-order valence-electron chi connectivity index (χ0n) is 7.55. The van der Waals surface area contributed by atoms with E-state index in [4.69, 9.17) is 4.74 Å². The van der Waals surface area contributed by atoms with Gasteiger partial charge in [0.25, 0.3) is 0 Å². The van der Waals surface area contributed by atoms with Crippen molar-refractivity contribution < 1.29 is 4.74 Å². The fraction of sp³-hybridized carbons (Fsp3) is 0.444. The summed E-state index contributed by atoms with van der Waals surface area (Å²) in [5.74, 6) is 0.752. The van der Waals surface area contributed by atoms with E-state index >= 15 is 0 Å². The van der Waals surface area contributed by atoms with E-state index in [1.165, 1.54) is 6.07 Å². The molecular weight excluding hydrogens is 154 g/mol. The highest BCUT2D eigenvalue weighted by Crippen LogP contribution is 2.18. The third kappa shape index (κ3) is 1.49. The lowest BCUT2D eigenvalue weighted by molar-refractivity contribution is 0.389. The first kappa shape index (κ1) is 8.84. The molecule has 0 aliphatic rings. The molecule has 1 rings (SSSR count). The van der Waals surface area contributed by atoms with Gasteiger partial charge >= 0.3 is 0 Å². The molecule has 0 aliphatic heterocycles. The van der Waals surface area contributed by atoms with Gasteiger partial charge in [-0.1, -0.05) is 13.8 Å². The number of methoxy groups -OCH3 is 1. The molecule has 0 atom stereocenters. The predicted octanol–water partition coefficient (Wildman–Crippen LogP) is 1.51. The first-order valence-corrected chi connectivity index (χ1v) is 3.92. The van der Waals surface area contributed by atoms with Gasteiger partial charge in [0.2, 0.25) is 0 Å². The van der Waals surface area contributed by atoms with E-state index in [2.05, 4.69) is 4.98 Å². The zero-order chi connectivity index (χ0) is 9.14. The van der Waals surface area contributed by atoms with Crippen LogP contribution in [0.1, 0.15) is 25.3 Å². The molecule has 1 aromatic heterocycles. The van der Waals surface area contributed by atoms with Crippen LogP contribution in [0.5, 0.6) is 5.88 Å². The summed E-state index contributed by atoms with van der Waals surface area (Å²) >= 11 is 0. The molecular formula is C9H13NO2. The molecule has 1 N–H and O–H groups in total. The van der Waals surface area contributed by atoms with Crippen molar-refractivity contribution in [2.24, 2.45) is 0 Å². The minimum absolute atomic E-state index is 0.0283. The van der Waals surface area contributed by atoms with Crippen molar-refractivity contribution in [3.63, 3.8) is 0 Å². The van der Waals surface area contributed by atoms with Crippen LogP contribution in [-0.2, 0) is 0 Å². The molecule has 1 heterocycles. The summed E-state index contributed by atoms with van der Waals surface area (Å²) in [6.45, 7) is 3.93. The second-order valence-electron chi connectivity index (χ2n) is 2.94. The van der Waals surface area contributed by atoms with E-state index in [9.17, 15) is 4.79 Å². The van der Waals surface area contributed by atoms with E-state index in [0.717, 1.165) is 0 Å².